The van der Waals surface area contributed by atoms with E-state index in [0.29, 0.717) is 9.33 Å². The van der Waals surface area contributed by atoms with Crippen molar-refractivity contribution in [2.45, 2.75) is 25.8 Å². The highest BCUT2D eigenvalue weighted by Crippen LogP contribution is 2.41. The number of aromatic nitrogens is 1. The number of aryl methyl sites for hydroxylation is 2. The Morgan fingerprint density at radius 2 is 1.77 bits per heavy atom. The van der Waals surface area contributed by atoms with Gasteiger partial charge in [-0.05, 0) is 60.2 Å². The summed E-state index contributed by atoms with van der Waals surface area (Å²) in [7, 11) is 0. The summed E-state index contributed by atoms with van der Waals surface area (Å²) in [6, 6.07) is 23.1. The van der Waals surface area contributed by atoms with Gasteiger partial charge < -0.3 is 5.11 Å². The van der Waals surface area contributed by atoms with Crippen LogP contribution in [0.15, 0.2) is 88.2 Å². The molecule has 35 heavy (non-hydrogen) atoms. The monoisotopic (exact) mass is 478 g/mol. The van der Waals surface area contributed by atoms with E-state index in [2.05, 4.69) is 49.4 Å². The molecule has 6 rings (SSSR count). The molecular formula is C29H22N2O3S. The number of fused-ring (bicyclic) bond motifs is 3. The van der Waals surface area contributed by atoms with E-state index < -0.39 is 5.97 Å². The molecule has 1 aromatic heterocycles. The zero-order valence-corrected chi connectivity index (χ0v) is 19.9. The summed E-state index contributed by atoms with van der Waals surface area (Å²) in [5.74, 6) is -0.972. The molecule has 1 aliphatic heterocycles. The van der Waals surface area contributed by atoms with Gasteiger partial charge in [-0.1, -0.05) is 77.6 Å². The van der Waals surface area contributed by atoms with Gasteiger partial charge in [0.25, 0.3) is 5.56 Å². The van der Waals surface area contributed by atoms with E-state index in [1.807, 2.05) is 16.7 Å². The molecule has 0 radical (unpaired) electrons. The number of rotatable bonds is 3. The number of allylic oxidation sites excluding steroid dienone is 1. The number of nitrogens with zero attached hydrogens (tertiary/aromatic N) is 2. The minimum Gasteiger partial charge on any atom is -0.478 e. The lowest BCUT2D eigenvalue weighted by molar-refractivity contribution is 0.0697. The number of carbonyl (C=O) groups is 1. The molecule has 0 amide bonds. The van der Waals surface area contributed by atoms with Gasteiger partial charge in [0.2, 0.25) is 0 Å². The molecule has 0 fully saturated rings. The predicted octanol–water partition coefficient (Wildman–Crippen LogP) is 4.33. The first-order valence-electron chi connectivity index (χ1n) is 11.5. The number of hydrogen-bond donors (Lipinski definition) is 1. The summed E-state index contributed by atoms with van der Waals surface area (Å²) >= 11 is 1.38. The highest BCUT2D eigenvalue weighted by atomic mass is 32.1. The normalized spacial score (nSPS) is 16.8. The minimum absolute atomic E-state index is 0.0768. The molecule has 2 heterocycles. The van der Waals surface area contributed by atoms with Gasteiger partial charge in [-0.15, -0.1) is 0 Å². The Morgan fingerprint density at radius 3 is 2.51 bits per heavy atom. The Kier molecular flexibility index (Phi) is 5.11. The second-order valence-electron chi connectivity index (χ2n) is 8.95. The lowest BCUT2D eigenvalue weighted by Gasteiger charge is -2.30. The third-order valence-electron chi connectivity index (χ3n) is 6.72. The largest absolute Gasteiger partial charge is 0.478 e. The maximum Gasteiger partial charge on any atom is 0.335 e. The Bertz CT molecular complexity index is 1690. The van der Waals surface area contributed by atoms with Crippen molar-refractivity contribution in [2.75, 3.05) is 0 Å². The molecule has 172 valence electrons. The van der Waals surface area contributed by atoms with Gasteiger partial charge in [-0.25, -0.2) is 9.79 Å². The Morgan fingerprint density at radius 1 is 1.03 bits per heavy atom. The molecule has 2 aliphatic rings. The third-order valence-corrected chi connectivity index (χ3v) is 7.70. The lowest BCUT2D eigenvalue weighted by Crippen LogP contribution is -2.38. The van der Waals surface area contributed by atoms with E-state index in [1.165, 1.54) is 28.0 Å². The van der Waals surface area contributed by atoms with Crippen molar-refractivity contribution in [3.8, 4) is 0 Å². The number of carboxylic acid groups (broad SMARTS) is 1. The second kappa shape index (κ2) is 8.32. The van der Waals surface area contributed by atoms with Gasteiger partial charge in [0.05, 0.1) is 21.8 Å². The predicted molar refractivity (Wildman–Crippen MR) is 137 cm³/mol. The van der Waals surface area contributed by atoms with Crippen LogP contribution in [-0.4, -0.2) is 15.6 Å². The van der Waals surface area contributed by atoms with Crippen molar-refractivity contribution in [1.29, 1.82) is 0 Å². The quantitative estimate of drug-likeness (QED) is 0.477. The van der Waals surface area contributed by atoms with Crippen molar-refractivity contribution in [2.24, 2.45) is 4.99 Å². The molecule has 4 aromatic rings. The number of thiazole rings is 1. The van der Waals surface area contributed by atoms with Crippen molar-refractivity contribution in [3.05, 3.63) is 131 Å². The van der Waals surface area contributed by atoms with Crippen LogP contribution >= 0.6 is 11.3 Å². The van der Waals surface area contributed by atoms with Crippen LogP contribution in [0.2, 0.25) is 0 Å². The van der Waals surface area contributed by atoms with Crippen LogP contribution in [0, 0.1) is 6.92 Å². The minimum atomic E-state index is -0.972. The topological polar surface area (TPSA) is 71.7 Å². The summed E-state index contributed by atoms with van der Waals surface area (Å²) in [6.45, 7) is 2.06. The van der Waals surface area contributed by atoms with Gasteiger partial charge in [0.15, 0.2) is 4.80 Å². The van der Waals surface area contributed by atoms with E-state index in [-0.39, 0.29) is 17.2 Å². The van der Waals surface area contributed by atoms with Crippen LogP contribution < -0.4 is 14.9 Å². The fourth-order valence-electron chi connectivity index (χ4n) is 4.94. The number of carboxylic acids is 1. The average molecular weight is 479 g/mol. The molecule has 1 unspecified atom stereocenters. The van der Waals surface area contributed by atoms with Crippen LogP contribution in [0.4, 0.5) is 0 Å². The molecule has 5 nitrogen and oxygen atoms in total. The van der Waals surface area contributed by atoms with Gasteiger partial charge in [-0.3, -0.25) is 9.36 Å². The zero-order chi connectivity index (χ0) is 24.1. The zero-order valence-electron chi connectivity index (χ0n) is 19.1. The second-order valence-corrected chi connectivity index (χ2v) is 9.96. The number of hydrogen-bond acceptors (Lipinski definition) is 4. The summed E-state index contributed by atoms with van der Waals surface area (Å²) in [5.41, 5.74) is 7.77. The van der Waals surface area contributed by atoms with E-state index in [4.69, 9.17) is 10.1 Å². The van der Waals surface area contributed by atoms with Gasteiger partial charge in [-0.2, -0.15) is 0 Å². The van der Waals surface area contributed by atoms with Gasteiger partial charge >= 0.3 is 5.97 Å². The van der Waals surface area contributed by atoms with Crippen LogP contribution in [-0.2, 0) is 6.42 Å². The van der Waals surface area contributed by atoms with Gasteiger partial charge in [0.1, 0.15) is 0 Å². The van der Waals surface area contributed by atoms with Crippen molar-refractivity contribution < 1.29 is 9.90 Å². The number of benzene rings is 3. The highest BCUT2D eigenvalue weighted by molar-refractivity contribution is 7.07. The lowest BCUT2D eigenvalue weighted by atomic mass is 9.83. The Labute approximate surface area is 205 Å². The molecule has 0 saturated carbocycles. The highest BCUT2D eigenvalue weighted by Gasteiger charge is 2.32. The smallest absolute Gasteiger partial charge is 0.335 e. The standard InChI is InChI=1S/C29H22N2O3S/c1-17-6-10-20(11-7-17)26-23-15-14-19-4-2-3-5-22(19)25(23)30-29-31(26)27(32)24(35-29)16-18-8-12-21(13-9-18)28(33)34/h2-13,16,26H,14-15H2,1H3,(H,33,34)/b24-16-. The molecule has 0 bridgehead atoms. The van der Waals surface area contributed by atoms with E-state index in [0.717, 1.165) is 35.2 Å². The van der Waals surface area contributed by atoms with Crippen LogP contribution in [0.3, 0.4) is 0 Å². The molecule has 1 N–H and O–H groups in total. The summed E-state index contributed by atoms with van der Waals surface area (Å²) in [4.78, 5) is 30.6. The molecule has 0 spiro atoms. The maximum absolute atomic E-state index is 13.7. The van der Waals surface area contributed by atoms with Crippen LogP contribution in [0.25, 0.3) is 11.8 Å². The van der Waals surface area contributed by atoms with E-state index >= 15 is 0 Å². The molecule has 0 saturated heterocycles. The summed E-state index contributed by atoms with van der Waals surface area (Å²) < 4.78 is 2.41. The first-order valence-corrected chi connectivity index (χ1v) is 12.3. The summed E-state index contributed by atoms with van der Waals surface area (Å²) in [5, 5.41) is 9.17. The molecule has 1 aliphatic carbocycles. The van der Waals surface area contributed by atoms with E-state index in [1.54, 1.807) is 24.3 Å². The number of aromatic carboxylic acids is 1. The average Bonchev–Trinajstić information content (AvgIpc) is 3.18. The summed E-state index contributed by atoms with van der Waals surface area (Å²) in [6.07, 6.45) is 3.60. The molecule has 6 heteroatoms. The first kappa shape index (κ1) is 21.5. The molecule has 3 aromatic carbocycles. The van der Waals surface area contributed by atoms with Crippen LogP contribution in [0.5, 0.6) is 0 Å². The van der Waals surface area contributed by atoms with E-state index in [9.17, 15) is 9.59 Å². The molecular weight excluding hydrogens is 456 g/mol. The van der Waals surface area contributed by atoms with Crippen LogP contribution in [0.1, 0.15) is 50.6 Å². The van der Waals surface area contributed by atoms with Crippen molar-refractivity contribution in [1.82, 2.24) is 4.57 Å². The third kappa shape index (κ3) is 3.67. The Hall–Kier alpha value is -4.03. The van der Waals surface area contributed by atoms with Crippen molar-refractivity contribution in [3.63, 3.8) is 0 Å². The fraction of sp³-hybridized carbons (Fsp3) is 0.138. The SMILES string of the molecule is Cc1ccc(C2C3=C(N=c4s/c(=C\c5ccc(C(=O)O)cc5)c(=O)n42)c2ccccc2CC3)cc1. The van der Waals surface area contributed by atoms with Crippen molar-refractivity contribution >= 4 is 29.1 Å². The molecule has 1 atom stereocenters. The Balaban J connectivity index is 1.57. The fourth-order valence-corrected chi connectivity index (χ4v) is 5.95. The van der Waals surface area contributed by atoms with Gasteiger partial charge in [0, 0.05) is 5.56 Å². The maximum atomic E-state index is 13.7. The first-order chi connectivity index (χ1) is 17.0.